The number of rotatable bonds is 16. The summed E-state index contributed by atoms with van der Waals surface area (Å²) in [7, 11) is -2.14. The first-order valence-corrected chi connectivity index (χ1v) is 18.3. The molecule has 45 heavy (non-hydrogen) atoms. The zero-order valence-corrected chi connectivity index (χ0v) is 28.5. The number of hydrogen-bond donors (Lipinski definition) is 1. The van der Waals surface area contributed by atoms with Gasteiger partial charge in [0.25, 0.3) is 0 Å². The van der Waals surface area contributed by atoms with Crippen LogP contribution >= 0.6 is 7.80 Å². The summed E-state index contributed by atoms with van der Waals surface area (Å²) >= 11 is 0. The quantitative estimate of drug-likeness (QED) is 0.114. The molecule has 1 saturated heterocycles. The van der Waals surface area contributed by atoms with Crippen molar-refractivity contribution in [2.75, 3.05) is 32.3 Å². The molecular formula is C34H53N2O8P. The standard InChI is InChI=1S/C34H53N2O8P/c1-24(2)30(35)32(39)42-22-34(3,4)33(40)44-23-43-31(38)28-19-27(26-16-9-6-10-17-26)20-36(28)29(37)21-45(41)18-12-11-15-25-13-7-5-8-14-25/h5,7-8,13-14,24,26-28,30,45H,6,9-12,15-23,35H2,1-4H3/t27-,28+,30-/m1/s1. The van der Waals surface area contributed by atoms with E-state index >= 15 is 0 Å². The third-order valence-corrected chi connectivity index (χ3v) is 10.7. The number of ether oxygens (including phenoxy) is 3. The Morgan fingerprint density at radius 3 is 2.33 bits per heavy atom. The van der Waals surface area contributed by atoms with Crippen LogP contribution in [0.25, 0.3) is 0 Å². The molecule has 1 aromatic rings. The number of nitrogens with two attached hydrogens (primary N) is 1. The van der Waals surface area contributed by atoms with E-state index in [-0.39, 0.29) is 30.5 Å². The highest BCUT2D eigenvalue weighted by Gasteiger charge is 2.43. The number of nitrogens with zero attached hydrogens (tertiary/aromatic N) is 1. The number of hydrogen-bond acceptors (Lipinski definition) is 9. The number of unbranched alkanes of at least 4 members (excludes halogenated alkanes) is 1. The summed E-state index contributed by atoms with van der Waals surface area (Å²) in [5, 5.41) is 0. The lowest BCUT2D eigenvalue weighted by molar-refractivity contribution is -0.179. The van der Waals surface area contributed by atoms with Crippen LogP contribution in [0.5, 0.6) is 0 Å². The molecule has 2 aliphatic rings. The third-order valence-electron chi connectivity index (χ3n) is 9.11. The number of aryl methyl sites for hydroxylation is 1. The average Bonchev–Trinajstić information content (AvgIpc) is 3.48. The molecule has 3 rings (SSSR count). The molecular weight excluding hydrogens is 595 g/mol. The number of likely N-dealkylation sites (tertiary alicyclic amines) is 1. The molecule has 1 unspecified atom stereocenters. The van der Waals surface area contributed by atoms with Gasteiger partial charge in [-0.05, 0) is 69.0 Å². The molecule has 1 saturated carbocycles. The van der Waals surface area contributed by atoms with E-state index in [2.05, 4.69) is 12.1 Å². The molecule has 4 atom stereocenters. The van der Waals surface area contributed by atoms with Gasteiger partial charge >= 0.3 is 17.9 Å². The van der Waals surface area contributed by atoms with Crippen molar-refractivity contribution in [3.63, 3.8) is 0 Å². The van der Waals surface area contributed by atoms with E-state index in [0.717, 1.165) is 44.9 Å². The Labute approximate surface area is 268 Å². The lowest BCUT2D eigenvalue weighted by Crippen LogP contribution is -2.43. The lowest BCUT2D eigenvalue weighted by Gasteiger charge is -2.27. The molecule has 252 valence electrons. The Morgan fingerprint density at radius 2 is 1.67 bits per heavy atom. The van der Waals surface area contributed by atoms with Gasteiger partial charge in [0.05, 0.1) is 19.4 Å². The highest BCUT2D eigenvalue weighted by Crippen LogP contribution is 2.38. The van der Waals surface area contributed by atoms with Crippen LogP contribution in [0.4, 0.5) is 0 Å². The van der Waals surface area contributed by atoms with E-state index in [1.54, 1.807) is 32.6 Å². The molecule has 1 aliphatic heterocycles. The van der Waals surface area contributed by atoms with Gasteiger partial charge in [-0.15, -0.1) is 0 Å². The smallest absolute Gasteiger partial charge is 0.331 e. The van der Waals surface area contributed by atoms with Gasteiger partial charge in [0.1, 0.15) is 18.7 Å². The summed E-state index contributed by atoms with van der Waals surface area (Å²) in [6.07, 6.45) is 9.17. The van der Waals surface area contributed by atoms with Gasteiger partial charge in [-0.1, -0.05) is 76.3 Å². The van der Waals surface area contributed by atoms with Gasteiger partial charge in [-0.2, -0.15) is 0 Å². The molecule has 0 spiro atoms. The highest BCUT2D eigenvalue weighted by atomic mass is 31.1. The molecule has 1 aliphatic carbocycles. The van der Waals surface area contributed by atoms with E-state index in [1.165, 1.54) is 12.0 Å². The third kappa shape index (κ3) is 11.5. The zero-order valence-electron chi connectivity index (χ0n) is 27.5. The van der Waals surface area contributed by atoms with Crippen LogP contribution in [0.15, 0.2) is 30.3 Å². The fraction of sp³-hybridized carbons (Fsp3) is 0.706. The molecule has 10 nitrogen and oxygen atoms in total. The Morgan fingerprint density at radius 1 is 0.978 bits per heavy atom. The van der Waals surface area contributed by atoms with Gasteiger partial charge in [0, 0.05) is 6.54 Å². The van der Waals surface area contributed by atoms with Gasteiger partial charge in [0.15, 0.2) is 0 Å². The Bertz CT molecular complexity index is 1150. The molecule has 1 aromatic carbocycles. The van der Waals surface area contributed by atoms with Crippen molar-refractivity contribution in [1.29, 1.82) is 0 Å². The molecule has 0 bridgehead atoms. The Hall–Kier alpha value is -2.71. The second kappa shape index (κ2) is 17.8. The second-order valence-electron chi connectivity index (χ2n) is 13.6. The van der Waals surface area contributed by atoms with Crippen LogP contribution < -0.4 is 5.73 Å². The molecule has 11 heteroatoms. The first-order valence-electron chi connectivity index (χ1n) is 16.5. The maximum absolute atomic E-state index is 13.4. The summed E-state index contributed by atoms with van der Waals surface area (Å²) in [5.41, 5.74) is 5.86. The topological polar surface area (TPSA) is 142 Å². The highest BCUT2D eigenvalue weighted by molar-refractivity contribution is 7.45. The number of benzene rings is 1. The maximum Gasteiger partial charge on any atom is 0.331 e. The van der Waals surface area contributed by atoms with Crippen molar-refractivity contribution in [3.05, 3.63) is 35.9 Å². The number of carbonyl (C=O) groups excluding carboxylic acids is 4. The van der Waals surface area contributed by atoms with Crippen LogP contribution in [0.1, 0.15) is 84.6 Å². The molecule has 2 N–H and O–H groups in total. The average molecular weight is 649 g/mol. The summed E-state index contributed by atoms with van der Waals surface area (Å²) < 4.78 is 28.7. The fourth-order valence-corrected chi connectivity index (χ4v) is 7.44. The van der Waals surface area contributed by atoms with E-state index < -0.39 is 50.0 Å². The summed E-state index contributed by atoms with van der Waals surface area (Å²) in [4.78, 5) is 53.0. The minimum absolute atomic E-state index is 0.0560. The predicted octanol–water partition coefficient (Wildman–Crippen LogP) is 4.96. The van der Waals surface area contributed by atoms with Gasteiger partial charge in [-0.25, -0.2) is 4.79 Å². The van der Waals surface area contributed by atoms with E-state index in [0.29, 0.717) is 25.0 Å². The first kappa shape index (κ1) is 36.8. The minimum Gasteiger partial charge on any atom is -0.463 e. The van der Waals surface area contributed by atoms with Crippen molar-refractivity contribution < 1.29 is 38.0 Å². The monoisotopic (exact) mass is 648 g/mol. The van der Waals surface area contributed by atoms with Crippen molar-refractivity contribution in [1.82, 2.24) is 4.90 Å². The predicted molar refractivity (Wildman–Crippen MR) is 173 cm³/mol. The SMILES string of the molecule is CC(C)[C@@H](N)C(=O)OCC(C)(C)C(=O)OCOC(=O)[C@@H]1C[C@@H](C2CCCCC2)CN1C(=O)C[PH](=O)CCCCc1ccccc1. The van der Waals surface area contributed by atoms with Crippen molar-refractivity contribution in [2.24, 2.45) is 28.9 Å². The number of amides is 1. The maximum atomic E-state index is 13.4. The zero-order chi connectivity index (χ0) is 33.0. The molecule has 1 amide bonds. The summed E-state index contributed by atoms with van der Waals surface area (Å²) in [6, 6.07) is 8.54. The van der Waals surface area contributed by atoms with Gasteiger partial charge in [0.2, 0.25) is 12.7 Å². The van der Waals surface area contributed by atoms with E-state index in [9.17, 15) is 23.7 Å². The normalized spacial score (nSPS) is 20.4. The lowest BCUT2D eigenvalue weighted by atomic mass is 9.79. The number of esters is 3. The summed E-state index contributed by atoms with van der Waals surface area (Å²) in [5.74, 6) is -1.72. The van der Waals surface area contributed by atoms with Crippen LogP contribution in [0.3, 0.4) is 0 Å². The van der Waals surface area contributed by atoms with Crippen molar-refractivity contribution in [2.45, 2.75) is 97.6 Å². The fourth-order valence-electron chi connectivity index (χ4n) is 6.08. The second-order valence-corrected chi connectivity index (χ2v) is 15.6. The molecule has 0 aromatic heterocycles. The van der Waals surface area contributed by atoms with Gasteiger partial charge in [-0.3, -0.25) is 14.4 Å². The van der Waals surface area contributed by atoms with Crippen molar-refractivity contribution in [3.8, 4) is 0 Å². The first-order chi connectivity index (χ1) is 21.4. The summed E-state index contributed by atoms with van der Waals surface area (Å²) in [6.45, 7) is 6.30. The van der Waals surface area contributed by atoms with Crippen LogP contribution in [-0.2, 0) is 44.4 Å². The van der Waals surface area contributed by atoms with Gasteiger partial charge < -0.3 is 29.4 Å². The Kier molecular flexibility index (Phi) is 14.6. The molecule has 1 heterocycles. The van der Waals surface area contributed by atoms with Crippen molar-refractivity contribution >= 4 is 31.6 Å². The van der Waals surface area contributed by atoms with Crippen LogP contribution in [0, 0.1) is 23.2 Å². The van der Waals surface area contributed by atoms with E-state index in [1.807, 2.05) is 18.2 Å². The Balaban J connectivity index is 1.51. The van der Waals surface area contributed by atoms with Crippen LogP contribution in [0.2, 0.25) is 0 Å². The minimum atomic E-state index is -2.14. The number of carbonyl (C=O) groups is 4. The van der Waals surface area contributed by atoms with Crippen LogP contribution in [-0.4, -0.2) is 73.1 Å². The molecule has 0 radical (unpaired) electrons. The largest absolute Gasteiger partial charge is 0.463 e. The molecule has 2 fully saturated rings. The van der Waals surface area contributed by atoms with E-state index in [4.69, 9.17) is 19.9 Å².